The van der Waals surface area contributed by atoms with Gasteiger partial charge >= 0.3 is 17.2 Å². The van der Waals surface area contributed by atoms with E-state index in [1.54, 1.807) is 16.8 Å². The van der Waals surface area contributed by atoms with E-state index in [-0.39, 0.29) is 5.56 Å². The number of thioether (sulfide) groups is 1. The van der Waals surface area contributed by atoms with Crippen molar-refractivity contribution < 1.29 is 19.3 Å². The first-order valence-electron chi connectivity index (χ1n) is 8.57. The van der Waals surface area contributed by atoms with E-state index in [4.69, 9.17) is 9.84 Å². The SMILES string of the molecule is CSc1n[n+]2c(c(=O)[nH]1)-c1cc(Br)ccc1N[C@H]2c1ccc(OCC(=O)O)cc1. The number of benzene rings is 2. The largest absolute Gasteiger partial charge is 0.482 e. The third-order valence-electron chi connectivity index (χ3n) is 4.39. The quantitative estimate of drug-likeness (QED) is 0.384. The van der Waals surface area contributed by atoms with Gasteiger partial charge in [0.1, 0.15) is 5.75 Å². The van der Waals surface area contributed by atoms with Crippen molar-refractivity contribution in [3.05, 3.63) is 62.9 Å². The lowest BCUT2D eigenvalue weighted by Crippen LogP contribution is -2.55. The number of fused-ring (bicyclic) bond motifs is 3. The Morgan fingerprint density at radius 1 is 1.31 bits per heavy atom. The van der Waals surface area contributed by atoms with Gasteiger partial charge in [-0.15, -0.1) is 0 Å². The second kappa shape index (κ2) is 7.88. The Balaban J connectivity index is 1.80. The number of aromatic nitrogens is 3. The minimum atomic E-state index is -1.04. The van der Waals surface area contributed by atoms with Crippen LogP contribution in [0, 0.1) is 0 Å². The summed E-state index contributed by atoms with van der Waals surface area (Å²) in [6.45, 7) is -0.408. The van der Waals surface area contributed by atoms with Crippen molar-refractivity contribution in [1.29, 1.82) is 0 Å². The fourth-order valence-electron chi connectivity index (χ4n) is 3.12. The molecule has 10 heteroatoms. The molecule has 4 rings (SSSR count). The van der Waals surface area contributed by atoms with E-state index in [9.17, 15) is 9.59 Å². The molecule has 0 spiro atoms. The third-order valence-corrected chi connectivity index (χ3v) is 5.45. The molecular formula is C19H16BrN4O4S+. The molecule has 1 atom stereocenters. The Labute approximate surface area is 178 Å². The fraction of sp³-hybridized carbons (Fsp3) is 0.158. The summed E-state index contributed by atoms with van der Waals surface area (Å²) in [5.74, 6) is -0.589. The molecule has 148 valence electrons. The Hall–Kier alpha value is -2.85. The standard InChI is InChI=1S/C19H15BrN4O4S/c1-29-19-22-18(27)16-13-8-11(20)4-7-14(13)21-17(24(16)23-19)10-2-5-12(6-3-10)28-9-15(25)26/h2-8,17H,9H2,1H3,(H2,22,23,25,26,27)/p+1/t17-/m1/s1. The van der Waals surface area contributed by atoms with E-state index in [0.717, 1.165) is 21.3 Å². The van der Waals surface area contributed by atoms with Crippen molar-refractivity contribution in [2.75, 3.05) is 18.2 Å². The molecule has 0 fully saturated rings. The molecule has 0 aliphatic carbocycles. The van der Waals surface area contributed by atoms with Crippen LogP contribution in [0.1, 0.15) is 11.7 Å². The van der Waals surface area contributed by atoms with Gasteiger partial charge in [-0.05, 0) is 53.4 Å². The van der Waals surface area contributed by atoms with Crippen LogP contribution >= 0.6 is 27.7 Å². The Morgan fingerprint density at radius 3 is 2.76 bits per heavy atom. The maximum absolute atomic E-state index is 12.8. The second-order valence-electron chi connectivity index (χ2n) is 6.24. The molecule has 1 aromatic heterocycles. The summed E-state index contributed by atoms with van der Waals surface area (Å²) in [4.78, 5) is 26.3. The molecule has 2 aromatic carbocycles. The van der Waals surface area contributed by atoms with Gasteiger partial charge in [-0.1, -0.05) is 27.7 Å². The number of anilines is 1. The average molecular weight is 476 g/mol. The molecule has 29 heavy (non-hydrogen) atoms. The van der Waals surface area contributed by atoms with E-state index < -0.39 is 18.7 Å². The van der Waals surface area contributed by atoms with E-state index in [1.807, 2.05) is 36.6 Å². The molecule has 0 radical (unpaired) electrons. The number of halogens is 1. The monoisotopic (exact) mass is 475 g/mol. The van der Waals surface area contributed by atoms with Gasteiger partial charge in [0, 0.05) is 15.1 Å². The molecule has 0 saturated carbocycles. The number of carboxylic acid groups (broad SMARTS) is 1. The lowest BCUT2D eigenvalue weighted by molar-refractivity contribution is -0.759. The van der Waals surface area contributed by atoms with Crippen LogP contribution in [0.2, 0.25) is 0 Å². The van der Waals surface area contributed by atoms with Gasteiger partial charge in [-0.3, -0.25) is 9.78 Å². The van der Waals surface area contributed by atoms with Crippen molar-refractivity contribution >= 4 is 39.3 Å². The van der Waals surface area contributed by atoms with Gasteiger partial charge in [0.25, 0.3) is 6.17 Å². The molecule has 3 N–H and O–H groups in total. The van der Waals surface area contributed by atoms with Crippen LogP contribution in [0.4, 0.5) is 5.69 Å². The van der Waals surface area contributed by atoms with Gasteiger partial charge in [0.05, 0.1) is 11.3 Å². The molecule has 1 aliphatic rings. The molecule has 0 bridgehead atoms. The molecule has 0 unspecified atom stereocenters. The van der Waals surface area contributed by atoms with Gasteiger partial charge in [-0.2, -0.15) is 0 Å². The lowest BCUT2D eigenvalue weighted by atomic mass is 10.0. The third kappa shape index (κ3) is 3.85. The minimum Gasteiger partial charge on any atom is -0.482 e. The maximum atomic E-state index is 12.8. The number of nitrogens with zero attached hydrogens (tertiary/aromatic N) is 2. The summed E-state index contributed by atoms with van der Waals surface area (Å²) in [5, 5.41) is 17.3. The van der Waals surface area contributed by atoms with Gasteiger partial charge < -0.3 is 15.2 Å². The molecule has 0 amide bonds. The van der Waals surface area contributed by atoms with Crippen molar-refractivity contribution in [2.24, 2.45) is 0 Å². The molecule has 1 aliphatic heterocycles. The smallest absolute Gasteiger partial charge is 0.341 e. The number of ether oxygens (including phenoxy) is 1. The highest BCUT2D eigenvalue weighted by atomic mass is 79.9. The van der Waals surface area contributed by atoms with Crippen molar-refractivity contribution in [3.63, 3.8) is 0 Å². The normalized spacial score (nSPS) is 14.5. The zero-order chi connectivity index (χ0) is 20.5. The molecule has 0 saturated heterocycles. The lowest BCUT2D eigenvalue weighted by Gasteiger charge is -2.22. The highest BCUT2D eigenvalue weighted by Crippen LogP contribution is 2.34. The van der Waals surface area contributed by atoms with E-state index in [2.05, 4.69) is 31.3 Å². The summed E-state index contributed by atoms with van der Waals surface area (Å²) in [6, 6.07) is 12.7. The van der Waals surface area contributed by atoms with E-state index >= 15 is 0 Å². The molecular weight excluding hydrogens is 460 g/mol. The number of aliphatic carboxylic acids is 1. The number of hydrogen-bond acceptors (Lipinski definition) is 6. The number of H-pyrrole nitrogens is 1. The highest BCUT2D eigenvalue weighted by Gasteiger charge is 2.37. The Kier molecular flexibility index (Phi) is 5.29. The number of aromatic amines is 1. The number of carboxylic acids is 1. The first-order valence-corrected chi connectivity index (χ1v) is 10.6. The molecule has 8 nitrogen and oxygen atoms in total. The van der Waals surface area contributed by atoms with Crippen LogP contribution in [0.25, 0.3) is 11.3 Å². The summed E-state index contributed by atoms with van der Waals surface area (Å²) < 4.78 is 7.73. The van der Waals surface area contributed by atoms with Crippen LogP contribution in [0.5, 0.6) is 5.75 Å². The van der Waals surface area contributed by atoms with Crippen molar-refractivity contribution in [2.45, 2.75) is 11.3 Å². The molecule has 3 aromatic rings. The summed E-state index contributed by atoms with van der Waals surface area (Å²) in [7, 11) is 0. The van der Waals surface area contributed by atoms with Crippen LogP contribution in [0.15, 0.2) is 56.9 Å². The second-order valence-corrected chi connectivity index (χ2v) is 7.96. The Bertz CT molecular complexity index is 1150. The van der Waals surface area contributed by atoms with Gasteiger partial charge in [0.2, 0.25) is 5.16 Å². The first-order chi connectivity index (χ1) is 14.0. The number of hydrogen-bond donors (Lipinski definition) is 3. The van der Waals surface area contributed by atoms with Gasteiger partial charge in [-0.25, -0.2) is 4.79 Å². The summed E-state index contributed by atoms with van der Waals surface area (Å²) >= 11 is 4.81. The van der Waals surface area contributed by atoms with E-state index in [1.165, 1.54) is 11.8 Å². The maximum Gasteiger partial charge on any atom is 0.341 e. The van der Waals surface area contributed by atoms with Crippen molar-refractivity contribution in [3.8, 4) is 17.0 Å². The number of carbonyl (C=O) groups is 1. The first kappa shape index (κ1) is 19.5. The topological polar surface area (TPSA) is 108 Å². The fourth-order valence-corrected chi connectivity index (χ4v) is 3.85. The zero-order valence-electron chi connectivity index (χ0n) is 15.2. The number of rotatable bonds is 5. The average Bonchev–Trinajstić information content (AvgIpc) is 2.71. The summed E-state index contributed by atoms with van der Waals surface area (Å²) in [5.41, 5.74) is 2.63. The molecule has 2 heterocycles. The van der Waals surface area contributed by atoms with Gasteiger partial charge in [0.15, 0.2) is 6.61 Å². The van der Waals surface area contributed by atoms with Crippen LogP contribution in [-0.4, -0.2) is 34.0 Å². The predicted molar refractivity (Wildman–Crippen MR) is 111 cm³/mol. The zero-order valence-corrected chi connectivity index (χ0v) is 17.6. The minimum absolute atomic E-state index is 0.225. The highest BCUT2D eigenvalue weighted by molar-refractivity contribution is 9.10. The number of nitrogens with one attached hydrogen (secondary N) is 2. The Morgan fingerprint density at radius 2 is 2.07 bits per heavy atom. The predicted octanol–water partition coefficient (Wildman–Crippen LogP) is 2.64. The van der Waals surface area contributed by atoms with Crippen LogP contribution < -0.4 is 20.3 Å². The van der Waals surface area contributed by atoms with Crippen LogP contribution in [-0.2, 0) is 4.79 Å². The van der Waals surface area contributed by atoms with Crippen molar-refractivity contribution in [1.82, 2.24) is 10.1 Å². The van der Waals surface area contributed by atoms with Crippen LogP contribution in [0.3, 0.4) is 0 Å². The summed E-state index contributed by atoms with van der Waals surface area (Å²) in [6.07, 6.45) is 1.43. The van der Waals surface area contributed by atoms with E-state index in [0.29, 0.717) is 16.6 Å².